The summed E-state index contributed by atoms with van der Waals surface area (Å²) in [4.78, 5) is 23.7. The number of benzene rings is 1. The van der Waals surface area contributed by atoms with Gasteiger partial charge >= 0.3 is 6.03 Å². The maximum Gasteiger partial charge on any atom is 0.334 e. The van der Waals surface area contributed by atoms with Gasteiger partial charge in [0.1, 0.15) is 0 Å². The molecule has 1 aliphatic heterocycles. The highest BCUT2D eigenvalue weighted by atomic mass is 35.5. The molecule has 0 unspecified atom stereocenters. The van der Waals surface area contributed by atoms with Crippen LogP contribution in [0.5, 0.6) is 0 Å². The number of anilines is 3. The van der Waals surface area contributed by atoms with Gasteiger partial charge in [-0.1, -0.05) is 23.7 Å². The SMILES string of the molecule is CC(C)Nc1ncc2c(n1)N(C(C)(O)O)C(=O)N(c1ccccc1Cl)C2. The fourth-order valence-corrected chi connectivity index (χ4v) is 2.96. The van der Waals surface area contributed by atoms with Gasteiger partial charge in [0.2, 0.25) is 5.95 Å². The first-order valence-electron chi connectivity index (χ1n) is 8.12. The third-order valence-electron chi connectivity index (χ3n) is 3.79. The molecule has 0 spiro atoms. The van der Waals surface area contributed by atoms with Crippen molar-refractivity contribution >= 4 is 35.1 Å². The highest BCUT2D eigenvalue weighted by Crippen LogP contribution is 2.36. The predicted octanol–water partition coefficient (Wildman–Crippen LogP) is 2.56. The van der Waals surface area contributed by atoms with Crippen LogP contribution in [-0.2, 0) is 6.54 Å². The molecule has 26 heavy (non-hydrogen) atoms. The molecule has 0 radical (unpaired) electrons. The fraction of sp³-hybridized carbons (Fsp3) is 0.353. The van der Waals surface area contributed by atoms with E-state index >= 15 is 0 Å². The lowest BCUT2D eigenvalue weighted by atomic mass is 10.1. The van der Waals surface area contributed by atoms with Crippen molar-refractivity contribution in [2.45, 2.75) is 39.3 Å². The molecule has 9 heteroatoms. The van der Waals surface area contributed by atoms with E-state index in [2.05, 4.69) is 15.3 Å². The van der Waals surface area contributed by atoms with Crippen LogP contribution in [0.2, 0.25) is 5.02 Å². The summed E-state index contributed by atoms with van der Waals surface area (Å²) in [5.74, 6) is -2.01. The van der Waals surface area contributed by atoms with Crippen molar-refractivity contribution in [3.63, 3.8) is 0 Å². The van der Waals surface area contributed by atoms with Crippen LogP contribution in [0.25, 0.3) is 0 Å². The first-order valence-corrected chi connectivity index (χ1v) is 8.49. The Kier molecular flexibility index (Phi) is 4.74. The van der Waals surface area contributed by atoms with E-state index in [1.54, 1.807) is 30.5 Å². The maximum absolute atomic E-state index is 13.0. The molecule has 2 heterocycles. The summed E-state index contributed by atoms with van der Waals surface area (Å²) >= 11 is 6.22. The summed E-state index contributed by atoms with van der Waals surface area (Å²) in [6.45, 7) is 5.11. The van der Waals surface area contributed by atoms with Gasteiger partial charge in [-0.25, -0.2) is 14.7 Å². The number of hydrogen-bond donors (Lipinski definition) is 3. The van der Waals surface area contributed by atoms with E-state index in [1.807, 2.05) is 13.8 Å². The lowest BCUT2D eigenvalue weighted by molar-refractivity contribution is -0.137. The van der Waals surface area contributed by atoms with Crippen LogP contribution in [0, 0.1) is 0 Å². The molecule has 2 amide bonds. The number of urea groups is 1. The minimum atomic E-state index is -2.45. The van der Waals surface area contributed by atoms with Gasteiger partial charge < -0.3 is 15.5 Å². The Labute approximate surface area is 156 Å². The summed E-state index contributed by atoms with van der Waals surface area (Å²) < 4.78 is 0. The van der Waals surface area contributed by atoms with Crippen molar-refractivity contribution in [2.75, 3.05) is 15.1 Å². The van der Waals surface area contributed by atoms with Gasteiger partial charge in [-0.15, -0.1) is 0 Å². The molecule has 0 saturated carbocycles. The Hall–Kier alpha value is -2.42. The Morgan fingerprint density at radius 3 is 2.62 bits per heavy atom. The van der Waals surface area contributed by atoms with E-state index in [-0.39, 0.29) is 18.4 Å². The van der Waals surface area contributed by atoms with E-state index in [0.29, 0.717) is 22.2 Å². The smallest absolute Gasteiger partial charge is 0.334 e. The number of hydrogen-bond acceptors (Lipinski definition) is 6. The largest absolute Gasteiger partial charge is 0.352 e. The van der Waals surface area contributed by atoms with Crippen molar-refractivity contribution in [1.82, 2.24) is 9.97 Å². The number of aliphatic hydroxyl groups is 2. The lowest BCUT2D eigenvalue weighted by Crippen LogP contribution is -2.58. The Balaban J connectivity index is 2.10. The summed E-state index contributed by atoms with van der Waals surface area (Å²) in [6, 6.07) is 6.28. The molecular formula is C17H20ClN5O3. The molecular weight excluding hydrogens is 358 g/mol. The average Bonchev–Trinajstić information content (AvgIpc) is 2.53. The number of carbonyl (C=O) groups is 1. The molecule has 0 saturated heterocycles. The van der Waals surface area contributed by atoms with E-state index in [9.17, 15) is 15.0 Å². The number of amides is 2. The van der Waals surface area contributed by atoms with Crippen molar-refractivity contribution in [3.8, 4) is 0 Å². The van der Waals surface area contributed by atoms with Crippen molar-refractivity contribution < 1.29 is 15.0 Å². The van der Waals surface area contributed by atoms with Crippen molar-refractivity contribution in [2.24, 2.45) is 0 Å². The molecule has 2 aromatic rings. The quantitative estimate of drug-likeness (QED) is 0.708. The van der Waals surface area contributed by atoms with Gasteiger partial charge in [-0.05, 0) is 26.0 Å². The van der Waals surface area contributed by atoms with Gasteiger partial charge in [-0.2, -0.15) is 4.98 Å². The molecule has 3 N–H and O–H groups in total. The number of rotatable bonds is 4. The van der Waals surface area contributed by atoms with Crippen LogP contribution in [0.1, 0.15) is 26.3 Å². The predicted molar refractivity (Wildman–Crippen MR) is 99.1 cm³/mol. The number of halogens is 1. The standard InChI is InChI=1S/C17H20ClN5O3/c1-10(2)20-15-19-8-11-9-22(13-7-5-4-6-12(13)18)16(24)23(14(11)21-15)17(3,25)26/h4-8,10,25-26H,9H2,1-3H3,(H,19,20,21). The summed E-state index contributed by atoms with van der Waals surface area (Å²) in [6.07, 6.45) is 1.56. The number of fused-ring (bicyclic) bond motifs is 1. The minimum Gasteiger partial charge on any atom is -0.352 e. The topological polar surface area (TPSA) is 102 Å². The fourth-order valence-electron chi connectivity index (χ4n) is 2.72. The van der Waals surface area contributed by atoms with Crippen molar-refractivity contribution in [1.29, 1.82) is 0 Å². The van der Waals surface area contributed by atoms with Crippen LogP contribution in [0.4, 0.5) is 22.2 Å². The summed E-state index contributed by atoms with van der Waals surface area (Å²) in [5, 5.41) is 23.8. The zero-order chi connectivity index (χ0) is 19.1. The van der Waals surface area contributed by atoms with Gasteiger partial charge in [0.15, 0.2) is 5.82 Å². The monoisotopic (exact) mass is 377 g/mol. The molecule has 3 rings (SSSR count). The van der Waals surface area contributed by atoms with Crippen LogP contribution in [0.15, 0.2) is 30.5 Å². The van der Waals surface area contributed by atoms with E-state index in [0.717, 1.165) is 11.8 Å². The van der Waals surface area contributed by atoms with Gasteiger partial charge in [0.25, 0.3) is 5.91 Å². The highest BCUT2D eigenvalue weighted by molar-refractivity contribution is 6.34. The first kappa shape index (κ1) is 18.4. The lowest BCUT2D eigenvalue weighted by Gasteiger charge is -2.40. The average molecular weight is 378 g/mol. The molecule has 1 aliphatic rings. The number of nitrogens with one attached hydrogen (secondary N) is 1. The van der Waals surface area contributed by atoms with E-state index in [4.69, 9.17) is 11.6 Å². The molecule has 0 fully saturated rings. The number of nitrogens with zero attached hydrogens (tertiary/aromatic N) is 4. The Morgan fingerprint density at radius 1 is 1.31 bits per heavy atom. The summed E-state index contributed by atoms with van der Waals surface area (Å²) in [5.41, 5.74) is 1.02. The van der Waals surface area contributed by atoms with Gasteiger partial charge in [0.05, 0.1) is 17.3 Å². The van der Waals surface area contributed by atoms with Gasteiger partial charge in [-0.3, -0.25) is 4.90 Å². The minimum absolute atomic E-state index is 0.0788. The maximum atomic E-state index is 13.0. The summed E-state index contributed by atoms with van der Waals surface area (Å²) in [7, 11) is 0. The normalized spacial score (nSPS) is 14.7. The first-order chi connectivity index (χ1) is 12.2. The second-order valence-electron chi connectivity index (χ2n) is 6.47. The molecule has 8 nitrogen and oxygen atoms in total. The molecule has 0 bridgehead atoms. The van der Waals surface area contributed by atoms with E-state index < -0.39 is 11.9 Å². The molecule has 138 valence electrons. The van der Waals surface area contributed by atoms with Crippen LogP contribution in [-0.4, -0.2) is 38.2 Å². The molecule has 0 atom stereocenters. The number of para-hydroxylation sites is 1. The van der Waals surface area contributed by atoms with Crippen LogP contribution >= 0.6 is 11.6 Å². The molecule has 0 aliphatic carbocycles. The number of carbonyl (C=O) groups excluding carboxylic acids is 1. The van der Waals surface area contributed by atoms with Crippen LogP contribution in [0.3, 0.4) is 0 Å². The van der Waals surface area contributed by atoms with Crippen molar-refractivity contribution in [3.05, 3.63) is 41.0 Å². The number of aromatic nitrogens is 2. The third-order valence-corrected chi connectivity index (χ3v) is 4.11. The molecule has 1 aromatic heterocycles. The Morgan fingerprint density at radius 2 is 2.00 bits per heavy atom. The van der Waals surface area contributed by atoms with E-state index in [1.165, 1.54) is 4.90 Å². The second kappa shape index (κ2) is 6.71. The molecule has 1 aromatic carbocycles. The second-order valence-corrected chi connectivity index (χ2v) is 6.88. The zero-order valence-electron chi connectivity index (χ0n) is 14.6. The highest BCUT2D eigenvalue weighted by Gasteiger charge is 2.42. The van der Waals surface area contributed by atoms with Gasteiger partial charge in [0, 0.05) is 24.7 Å². The zero-order valence-corrected chi connectivity index (χ0v) is 15.4. The third kappa shape index (κ3) is 3.44. The van der Waals surface area contributed by atoms with Crippen LogP contribution < -0.4 is 15.1 Å². The Bertz CT molecular complexity index is 837.